The molecule has 0 saturated carbocycles. The third-order valence-corrected chi connectivity index (χ3v) is 3.54. The van der Waals surface area contributed by atoms with Crippen molar-refractivity contribution in [1.29, 1.82) is 0 Å². The zero-order valence-electron chi connectivity index (χ0n) is 14.3. The van der Waals surface area contributed by atoms with Crippen LogP contribution in [0, 0.1) is 18.7 Å². The third kappa shape index (κ3) is 5.34. The molecule has 0 aromatic heterocycles. The molecule has 0 saturated heterocycles. The van der Waals surface area contributed by atoms with Crippen LogP contribution in [0.2, 0.25) is 0 Å². The third-order valence-electron chi connectivity index (χ3n) is 3.54. The average Bonchev–Trinajstić information content (AvgIpc) is 2.57. The van der Waals surface area contributed by atoms with Gasteiger partial charge in [-0.15, -0.1) is 12.4 Å². The Kier molecular flexibility index (Phi) is 7.67. The number of nitrogens with one attached hydrogen (secondary N) is 1. The van der Waals surface area contributed by atoms with Gasteiger partial charge in [-0.25, -0.2) is 4.39 Å². The van der Waals surface area contributed by atoms with Gasteiger partial charge in [-0.3, -0.25) is 4.79 Å². The topological polar surface area (TPSA) is 73.6 Å². The van der Waals surface area contributed by atoms with Crippen molar-refractivity contribution in [3.8, 4) is 17.2 Å². The lowest BCUT2D eigenvalue weighted by atomic mass is 10.1. The number of nitrogens with two attached hydrogens (primary N) is 1. The van der Waals surface area contributed by atoms with E-state index >= 15 is 0 Å². The first-order valence-electron chi connectivity index (χ1n) is 7.57. The molecule has 3 N–H and O–H groups in total. The highest BCUT2D eigenvalue weighted by Gasteiger charge is 2.14. The van der Waals surface area contributed by atoms with Crippen molar-refractivity contribution in [2.45, 2.75) is 13.8 Å². The highest BCUT2D eigenvalue weighted by atomic mass is 35.5. The minimum absolute atomic E-state index is 0. The molecule has 2 rings (SSSR count). The average molecular weight is 369 g/mol. The Morgan fingerprint density at radius 2 is 1.88 bits per heavy atom. The van der Waals surface area contributed by atoms with Gasteiger partial charge < -0.3 is 20.5 Å². The van der Waals surface area contributed by atoms with Crippen LogP contribution in [0.25, 0.3) is 0 Å². The fourth-order valence-electron chi connectivity index (χ4n) is 2.01. The first-order chi connectivity index (χ1) is 11.4. The van der Waals surface area contributed by atoms with Crippen LogP contribution >= 0.6 is 12.4 Å². The number of benzene rings is 2. The molecule has 1 atom stereocenters. The van der Waals surface area contributed by atoms with Gasteiger partial charge in [0.2, 0.25) is 5.91 Å². The summed E-state index contributed by atoms with van der Waals surface area (Å²) in [6.45, 7) is 3.85. The van der Waals surface area contributed by atoms with Crippen LogP contribution in [0.1, 0.15) is 12.5 Å². The second-order valence-electron chi connectivity index (χ2n) is 5.53. The van der Waals surface area contributed by atoms with Gasteiger partial charge in [-0.05, 0) is 36.8 Å². The van der Waals surface area contributed by atoms with Gasteiger partial charge >= 0.3 is 0 Å². The zero-order valence-corrected chi connectivity index (χ0v) is 15.2. The molecule has 0 radical (unpaired) electrons. The number of methoxy groups -OCH3 is 1. The van der Waals surface area contributed by atoms with Crippen molar-refractivity contribution in [2.75, 3.05) is 19.0 Å². The predicted molar refractivity (Wildman–Crippen MR) is 98.3 cm³/mol. The molecule has 0 bridgehead atoms. The van der Waals surface area contributed by atoms with Crippen molar-refractivity contribution in [3.05, 3.63) is 47.8 Å². The highest BCUT2D eigenvalue weighted by Crippen LogP contribution is 2.34. The lowest BCUT2D eigenvalue weighted by Gasteiger charge is -2.13. The molecule has 0 aliphatic carbocycles. The Morgan fingerprint density at radius 1 is 1.20 bits per heavy atom. The van der Waals surface area contributed by atoms with Crippen LogP contribution in [0.3, 0.4) is 0 Å². The summed E-state index contributed by atoms with van der Waals surface area (Å²) < 4.78 is 25.1. The highest BCUT2D eigenvalue weighted by molar-refractivity contribution is 5.92. The number of rotatable bonds is 6. The van der Waals surface area contributed by atoms with E-state index in [1.165, 1.54) is 19.2 Å². The molecule has 0 spiro atoms. The Balaban J connectivity index is 0.00000312. The number of aryl methyl sites for hydroxylation is 1. The second-order valence-corrected chi connectivity index (χ2v) is 5.53. The summed E-state index contributed by atoms with van der Waals surface area (Å²) in [5.74, 6) is -0.219. The quantitative estimate of drug-likeness (QED) is 0.811. The summed E-state index contributed by atoms with van der Waals surface area (Å²) >= 11 is 0. The molecule has 25 heavy (non-hydrogen) atoms. The predicted octanol–water partition coefficient (Wildman–Crippen LogP) is 3.89. The van der Waals surface area contributed by atoms with Gasteiger partial charge in [0.05, 0.1) is 7.11 Å². The van der Waals surface area contributed by atoms with Crippen LogP contribution < -0.4 is 20.5 Å². The van der Waals surface area contributed by atoms with Gasteiger partial charge in [-0.1, -0.05) is 13.0 Å². The van der Waals surface area contributed by atoms with Crippen molar-refractivity contribution < 1.29 is 18.7 Å². The summed E-state index contributed by atoms with van der Waals surface area (Å²) in [6.07, 6.45) is 0. The van der Waals surface area contributed by atoms with Crippen molar-refractivity contribution in [2.24, 2.45) is 11.7 Å². The van der Waals surface area contributed by atoms with Crippen LogP contribution in [0.15, 0.2) is 36.4 Å². The second kappa shape index (κ2) is 9.25. The number of halogens is 2. The van der Waals surface area contributed by atoms with Crippen LogP contribution in [0.4, 0.5) is 10.1 Å². The molecule has 7 heteroatoms. The lowest BCUT2D eigenvalue weighted by molar-refractivity contribution is -0.119. The molecule has 0 fully saturated rings. The number of anilines is 1. The van der Waals surface area contributed by atoms with E-state index in [1.807, 2.05) is 13.0 Å². The smallest absolute Gasteiger partial charge is 0.228 e. The SMILES string of the molecule is COc1cc(C)ccc1Oc1ccc(NC(=O)C(C)CN)cc1F.Cl. The van der Waals surface area contributed by atoms with Gasteiger partial charge in [0.25, 0.3) is 0 Å². The molecule has 0 aliphatic rings. The largest absolute Gasteiger partial charge is 0.493 e. The summed E-state index contributed by atoms with van der Waals surface area (Å²) in [7, 11) is 1.52. The minimum Gasteiger partial charge on any atom is -0.493 e. The van der Waals surface area contributed by atoms with Crippen molar-refractivity contribution >= 4 is 24.0 Å². The summed E-state index contributed by atoms with van der Waals surface area (Å²) in [6, 6.07) is 9.59. The first kappa shape index (κ1) is 20.7. The molecule has 0 aliphatic heterocycles. The first-order valence-corrected chi connectivity index (χ1v) is 7.57. The Labute approximate surface area is 152 Å². The Bertz CT molecular complexity index is 740. The summed E-state index contributed by atoms with van der Waals surface area (Å²) in [5, 5.41) is 2.62. The molecule has 1 amide bonds. The molecular weight excluding hydrogens is 347 g/mol. The Morgan fingerprint density at radius 3 is 2.48 bits per heavy atom. The fourth-order valence-corrected chi connectivity index (χ4v) is 2.01. The van der Waals surface area contributed by atoms with E-state index in [-0.39, 0.29) is 36.5 Å². The van der Waals surface area contributed by atoms with Crippen LogP contribution in [0.5, 0.6) is 17.2 Å². The monoisotopic (exact) mass is 368 g/mol. The maximum atomic E-state index is 14.2. The molecule has 1 unspecified atom stereocenters. The minimum atomic E-state index is -0.587. The van der Waals surface area contributed by atoms with E-state index in [2.05, 4.69) is 5.32 Å². The maximum absolute atomic E-state index is 14.2. The van der Waals surface area contributed by atoms with E-state index < -0.39 is 5.82 Å². The van der Waals surface area contributed by atoms with Gasteiger partial charge in [0.1, 0.15) is 0 Å². The molecular formula is C18H22ClFN2O3. The van der Waals surface area contributed by atoms with Gasteiger partial charge in [-0.2, -0.15) is 0 Å². The number of hydrogen-bond acceptors (Lipinski definition) is 4. The van der Waals surface area contributed by atoms with Crippen LogP contribution in [-0.4, -0.2) is 19.6 Å². The van der Waals surface area contributed by atoms with E-state index in [1.54, 1.807) is 25.1 Å². The normalized spacial score (nSPS) is 11.2. The molecule has 2 aromatic rings. The molecule has 2 aromatic carbocycles. The van der Waals surface area contributed by atoms with Gasteiger partial charge in [0, 0.05) is 24.2 Å². The van der Waals surface area contributed by atoms with Crippen LogP contribution in [-0.2, 0) is 4.79 Å². The summed E-state index contributed by atoms with van der Waals surface area (Å²) in [4.78, 5) is 11.8. The number of carbonyl (C=O) groups excluding carboxylic acids is 1. The van der Waals surface area contributed by atoms with E-state index in [0.29, 0.717) is 17.2 Å². The van der Waals surface area contributed by atoms with Crippen molar-refractivity contribution in [1.82, 2.24) is 0 Å². The van der Waals surface area contributed by atoms with E-state index in [4.69, 9.17) is 15.2 Å². The van der Waals surface area contributed by atoms with E-state index in [9.17, 15) is 9.18 Å². The lowest BCUT2D eigenvalue weighted by Crippen LogP contribution is -2.26. The number of carbonyl (C=O) groups is 1. The van der Waals surface area contributed by atoms with E-state index in [0.717, 1.165) is 5.56 Å². The number of hydrogen-bond donors (Lipinski definition) is 2. The fraction of sp³-hybridized carbons (Fsp3) is 0.278. The number of ether oxygens (including phenoxy) is 2. The molecule has 0 heterocycles. The Hall–Kier alpha value is -2.31. The standard InChI is InChI=1S/C18H21FN2O3.ClH/c1-11-4-6-16(17(8-11)23-3)24-15-7-5-13(9-14(15)19)21-18(22)12(2)10-20;/h4-9,12H,10,20H2,1-3H3,(H,21,22);1H. The molecule has 5 nitrogen and oxygen atoms in total. The van der Waals surface area contributed by atoms with Gasteiger partial charge in [0.15, 0.2) is 23.1 Å². The van der Waals surface area contributed by atoms with Crippen molar-refractivity contribution in [3.63, 3.8) is 0 Å². The zero-order chi connectivity index (χ0) is 17.7. The number of amides is 1. The maximum Gasteiger partial charge on any atom is 0.228 e. The summed E-state index contributed by atoms with van der Waals surface area (Å²) in [5.41, 5.74) is 6.79. The molecule has 136 valence electrons.